The van der Waals surface area contributed by atoms with Gasteiger partial charge in [0.1, 0.15) is 5.75 Å². The second kappa shape index (κ2) is 12.7. The zero-order valence-electron chi connectivity index (χ0n) is 20.8. The van der Waals surface area contributed by atoms with Crippen LogP contribution in [0.5, 0.6) is 5.75 Å². The topological polar surface area (TPSA) is 82.9 Å². The number of aliphatic hydroxyl groups excluding tert-OH is 1. The molecule has 2 aromatic carbocycles. The Kier molecular flexibility index (Phi) is 9.34. The van der Waals surface area contributed by atoms with Crippen LogP contribution < -0.4 is 4.74 Å². The molecule has 1 aromatic heterocycles. The minimum Gasteiger partial charge on any atom is -0.497 e. The first kappa shape index (κ1) is 27.3. The SMILES string of the molecule is COc1ccc2nccc([C@@H](O)CC[C@@H]3CCN(CCSc4cccc(F)c4F)C[C@@H]3CC(=O)O)c2c1. The Hall–Kier alpha value is -2.75. The summed E-state index contributed by atoms with van der Waals surface area (Å²) in [7, 11) is 1.60. The van der Waals surface area contributed by atoms with E-state index in [-0.39, 0.29) is 23.2 Å². The van der Waals surface area contributed by atoms with Crippen molar-refractivity contribution in [3.63, 3.8) is 0 Å². The Bertz CT molecular complexity index is 1230. The highest BCUT2D eigenvalue weighted by molar-refractivity contribution is 7.99. The molecule has 1 aliphatic rings. The maximum atomic E-state index is 13.9. The van der Waals surface area contributed by atoms with E-state index in [0.717, 1.165) is 35.5 Å². The molecule has 9 heteroatoms. The fourth-order valence-electron chi connectivity index (χ4n) is 5.17. The summed E-state index contributed by atoms with van der Waals surface area (Å²) < 4.78 is 32.7. The molecule has 1 aliphatic heterocycles. The summed E-state index contributed by atoms with van der Waals surface area (Å²) in [5, 5.41) is 21.4. The van der Waals surface area contributed by atoms with Gasteiger partial charge in [-0.3, -0.25) is 9.78 Å². The van der Waals surface area contributed by atoms with Crippen molar-refractivity contribution >= 4 is 28.6 Å². The van der Waals surface area contributed by atoms with Gasteiger partial charge < -0.3 is 19.8 Å². The van der Waals surface area contributed by atoms with Gasteiger partial charge in [0, 0.05) is 41.7 Å². The maximum Gasteiger partial charge on any atom is 0.303 e. The van der Waals surface area contributed by atoms with E-state index in [1.807, 2.05) is 24.3 Å². The van der Waals surface area contributed by atoms with Gasteiger partial charge in [-0.05, 0) is 79.6 Å². The van der Waals surface area contributed by atoms with E-state index < -0.39 is 23.7 Å². The monoisotopic (exact) mass is 530 g/mol. The minimum absolute atomic E-state index is 0.0383. The number of fused-ring (bicyclic) bond motifs is 1. The first-order chi connectivity index (χ1) is 17.9. The first-order valence-electron chi connectivity index (χ1n) is 12.5. The molecule has 2 N–H and O–H groups in total. The molecule has 3 aromatic rings. The summed E-state index contributed by atoms with van der Waals surface area (Å²) in [4.78, 5) is 18.4. The third kappa shape index (κ3) is 6.97. The number of pyridine rings is 1. The highest BCUT2D eigenvalue weighted by atomic mass is 32.2. The predicted octanol–water partition coefficient (Wildman–Crippen LogP) is 5.54. The number of thioether (sulfide) groups is 1. The molecule has 1 fully saturated rings. The number of carbonyl (C=O) groups is 1. The zero-order chi connectivity index (χ0) is 26.4. The van der Waals surface area contributed by atoms with Crippen molar-refractivity contribution in [2.24, 2.45) is 11.8 Å². The number of rotatable bonds is 11. The van der Waals surface area contributed by atoms with E-state index in [0.29, 0.717) is 37.4 Å². The Balaban J connectivity index is 1.35. The van der Waals surface area contributed by atoms with E-state index in [9.17, 15) is 23.8 Å². The molecule has 4 rings (SSSR count). The van der Waals surface area contributed by atoms with Gasteiger partial charge in [0.05, 0.1) is 18.7 Å². The molecular formula is C28H32F2N2O4S. The van der Waals surface area contributed by atoms with Gasteiger partial charge in [-0.25, -0.2) is 8.78 Å². The molecule has 0 amide bonds. The normalized spacial score (nSPS) is 19.1. The van der Waals surface area contributed by atoms with Crippen molar-refractivity contribution in [3.8, 4) is 5.75 Å². The number of hydrogen-bond donors (Lipinski definition) is 2. The van der Waals surface area contributed by atoms with Crippen LogP contribution >= 0.6 is 11.8 Å². The minimum atomic E-state index is -0.853. The maximum absolute atomic E-state index is 13.9. The van der Waals surface area contributed by atoms with Gasteiger partial charge in [0.2, 0.25) is 0 Å². The van der Waals surface area contributed by atoms with Gasteiger partial charge in [0.25, 0.3) is 0 Å². The number of carboxylic acid groups (broad SMARTS) is 1. The number of hydrogen-bond acceptors (Lipinski definition) is 6. The lowest BCUT2D eigenvalue weighted by Crippen LogP contribution is -2.42. The van der Waals surface area contributed by atoms with Gasteiger partial charge in [-0.1, -0.05) is 6.07 Å². The molecule has 3 atom stereocenters. The lowest BCUT2D eigenvalue weighted by Gasteiger charge is -2.38. The predicted molar refractivity (Wildman–Crippen MR) is 140 cm³/mol. The van der Waals surface area contributed by atoms with Gasteiger partial charge in [-0.15, -0.1) is 11.8 Å². The number of nitrogens with zero attached hydrogens (tertiary/aromatic N) is 2. The van der Waals surface area contributed by atoms with Gasteiger partial charge >= 0.3 is 5.97 Å². The van der Waals surface area contributed by atoms with E-state index in [1.54, 1.807) is 19.4 Å². The third-order valence-corrected chi connectivity index (χ3v) is 8.16. The molecule has 0 saturated carbocycles. The number of aliphatic hydroxyl groups is 1. The fraction of sp³-hybridized carbons (Fsp3) is 0.429. The van der Waals surface area contributed by atoms with Crippen LogP contribution in [0.15, 0.2) is 53.6 Å². The number of ether oxygens (including phenoxy) is 1. The van der Waals surface area contributed by atoms with Crippen LogP contribution in [0.3, 0.4) is 0 Å². The molecule has 0 radical (unpaired) electrons. The lowest BCUT2D eigenvalue weighted by molar-refractivity contribution is -0.139. The summed E-state index contributed by atoms with van der Waals surface area (Å²) in [6.45, 7) is 2.10. The van der Waals surface area contributed by atoms with Crippen LogP contribution in [-0.2, 0) is 4.79 Å². The largest absolute Gasteiger partial charge is 0.497 e. The number of likely N-dealkylation sites (tertiary alicyclic amines) is 1. The van der Waals surface area contributed by atoms with Crippen LogP contribution in [0, 0.1) is 23.5 Å². The molecule has 0 bridgehead atoms. The van der Waals surface area contributed by atoms with Crippen LogP contribution in [0.2, 0.25) is 0 Å². The molecule has 1 saturated heterocycles. The Morgan fingerprint density at radius 1 is 1.24 bits per heavy atom. The Morgan fingerprint density at radius 3 is 2.86 bits per heavy atom. The van der Waals surface area contributed by atoms with Gasteiger partial charge in [0.15, 0.2) is 11.6 Å². The van der Waals surface area contributed by atoms with Gasteiger partial charge in [-0.2, -0.15) is 0 Å². The average molecular weight is 531 g/mol. The molecule has 2 heterocycles. The van der Waals surface area contributed by atoms with E-state index >= 15 is 0 Å². The summed E-state index contributed by atoms with van der Waals surface area (Å²) in [6, 6.07) is 11.6. The average Bonchev–Trinajstić information content (AvgIpc) is 2.89. The second-order valence-corrected chi connectivity index (χ2v) is 10.6. The number of aromatic nitrogens is 1. The fourth-order valence-corrected chi connectivity index (χ4v) is 6.13. The summed E-state index contributed by atoms with van der Waals surface area (Å²) in [5.74, 6) is -1.09. The molecular weight excluding hydrogens is 498 g/mol. The van der Waals surface area contributed by atoms with Crippen molar-refractivity contribution in [2.75, 3.05) is 32.5 Å². The van der Waals surface area contributed by atoms with Crippen molar-refractivity contribution < 1.29 is 28.5 Å². The molecule has 37 heavy (non-hydrogen) atoms. The quantitative estimate of drug-likeness (QED) is 0.315. The van der Waals surface area contributed by atoms with Crippen LogP contribution in [0.25, 0.3) is 10.9 Å². The van der Waals surface area contributed by atoms with Crippen molar-refractivity contribution in [2.45, 2.75) is 36.7 Å². The second-order valence-electron chi connectivity index (χ2n) is 9.48. The highest BCUT2D eigenvalue weighted by Gasteiger charge is 2.31. The molecule has 0 aliphatic carbocycles. The Morgan fingerprint density at radius 2 is 2.08 bits per heavy atom. The molecule has 0 unspecified atom stereocenters. The number of benzene rings is 2. The van der Waals surface area contributed by atoms with Crippen LogP contribution in [0.4, 0.5) is 8.78 Å². The summed E-state index contributed by atoms with van der Waals surface area (Å²) in [5.41, 5.74) is 1.57. The lowest BCUT2D eigenvalue weighted by atomic mass is 9.79. The zero-order valence-corrected chi connectivity index (χ0v) is 21.6. The van der Waals surface area contributed by atoms with Crippen LogP contribution in [0.1, 0.15) is 37.4 Å². The Labute approximate surface area is 219 Å². The standard InChI is InChI=1S/C28H32F2N2O4S/c1-36-20-6-7-24-22(16-20)21(9-11-31-24)25(33)8-5-18-10-12-32(17-19(18)15-27(34)35)13-14-37-26-4-2-3-23(29)28(26)30/h2-4,6-7,9,11,16,18-19,25,33H,5,8,10,12-15,17H2,1H3,(H,34,35)/t18-,19+,25+/m1/s1. The molecule has 6 nitrogen and oxygen atoms in total. The molecule has 198 valence electrons. The van der Waals surface area contributed by atoms with Crippen LogP contribution in [-0.4, -0.2) is 58.6 Å². The van der Waals surface area contributed by atoms with E-state index in [4.69, 9.17) is 4.74 Å². The smallest absolute Gasteiger partial charge is 0.303 e. The third-order valence-electron chi connectivity index (χ3n) is 7.15. The first-order valence-corrected chi connectivity index (χ1v) is 13.5. The van der Waals surface area contributed by atoms with Crippen molar-refractivity contribution in [3.05, 3.63) is 65.9 Å². The molecule has 0 spiro atoms. The van der Waals surface area contributed by atoms with Crippen molar-refractivity contribution in [1.82, 2.24) is 9.88 Å². The van der Waals surface area contributed by atoms with E-state index in [2.05, 4.69) is 9.88 Å². The highest BCUT2D eigenvalue weighted by Crippen LogP contribution is 2.35. The number of piperidine rings is 1. The summed E-state index contributed by atoms with van der Waals surface area (Å²) >= 11 is 1.27. The number of aliphatic carboxylic acids is 1. The number of methoxy groups -OCH3 is 1. The van der Waals surface area contributed by atoms with E-state index in [1.165, 1.54) is 17.8 Å². The van der Waals surface area contributed by atoms with Crippen molar-refractivity contribution in [1.29, 1.82) is 0 Å². The number of carboxylic acids is 1. The number of halogens is 2. The summed E-state index contributed by atoms with van der Waals surface area (Å²) in [6.07, 6.45) is 3.12.